The number of carbonyl (C=O) groups excluding carboxylic acids is 1. The highest BCUT2D eigenvalue weighted by molar-refractivity contribution is 5.91. The van der Waals surface area contributed by atoms with Gasteiger partial charge in [-0.05, 0) is 49.9 Å². The molecular weight excluding hydrogens is 378 g/mol. The zero-order chi connectivity index (χ0) is 21.3. The minimum Gasteiger partial charge on any atom is -0.352 e. The molecule has 1 aliphatic heterocycles. The Bertz CT molecular complexity index is 1130. The van der Waals surface area contributed by atoms with Crippen LogP contribution in [-0.2, 0) is 7.05 Å². The van der Waals surface area contributed by atoms with E-state index in [2.05, 4.69) is 15.6 Å². The number of hydrogen-bond donors (Lipinski definition) is 2. The van der Waals surface area contributed by atoms with Crippen molar-refractivity contribution in [3.8, 4) is 0 Å². The quantitative estimate of drug-likeness (QED) is 0.700. The lowest BCUT2D eigenvalue weighted by atomic mass is 10.1. The maximum Gasteiger partial charge on any atom is 0.319 e. The summed E-state index contributed by atoms with van der Waals surface area (Å²) in [5, 5.41) is 6.05. The number of hydrogen-bond acceptors (Lipinski definition) is 4. The Labute approximate surface area is 175 Å². The zero-order valence-corrected chi connectivity index (χ0v) is 17.6. The summed E-state index contributed by atoms with van der Waals surface area (Å²) >= 11 is 0. The molecule has 4 rings (SSSR count). The molecule has 7 nitrogen and oxygen atoms in total. The van der Waals surface area contributed by atoms with E-state index in [0.29, 0.717) is 18.9 Å². The molecule has 156 valence electrons. The average Bonchev–Trinajstić information content (AvgIpc) is 2.74. The molecule has 1 aliphatic rings. The van der Waals surface area contributed by atoms with Gasteiger partial charge in [-0.15, -0.1) is 0 Å². The van der Waals surface area contributed by atoms with Crippen LogP contribution in [0.4, 0.5) is 16.3 Å². The predicted molar refractivity (Wildman–Crippen MR) is 120 cm³/mol. The van der Waals surface area contributed by atoms with Crippen molar-refractivity contribution in [1.82, 2.24) is 14.9 Å². The molecule has 0 saturated carbocycles. The number of piperidine rings is 1. The van der Waals surface area contributed by atoms with Gasteiger partial charge >= 0.3 is 6.03 Å². The van der Waals surface area contributed by atoms with E-state index in [1.54, 1.807) is 11.6 Å². The standard InChI is InChI=1S/C23H27N5O2/c1-15-7-6-8-16(2)20(15)26-23(30)24-17-11-13-28(14-12-17)21-22(29)27(3)19-10-5-4-9-18(19)25-21/h4-10,17H,11-14H2,1-3H3,(H2,24,26,30). The first-order valence-electron chi connectivity index (χ1n) is 10.3. The highest BCUT2D eigenvalue weighted by atomic mass is 16.2. The molecule has 30 heavy (non-hydrogen) atoms. The normalized spacial score (nSPS) is 14.7. The van der Waals surface area contributed by atoms with Crippen LogP contribution in [0.1, 0.15) is 24.0 Å². The summed E-state index contributed by atoms with van der Waals surface area (Å²) in [6, 6.07) is 13.5. The molecular formula is C23H27N5O2. The number of aryl methyl sites for hydroxylation is 3. The van der Waals surface area contributed by atoms with Crippen molar-refractivity contribution < 1.29 is 4.79 Å². The summed E-state index contributed by atoms with van der Waals surface area (Å²) in [5.74, 6) is 0.481. The first-order chi connectivity index (χ1) is 14.4. The lowest BCUT2D eigenvalue weighted by Gasteiger charge is -2.33. The monoisotopic (exact) mass is 405 g/mol. The van der Waals surface area contributed by atoms with E-state index < -0.39 is 0 Å². The average molecular weight is 406 g/mol. The lowest BCUT2D eigenvalue weighted by molar-refractivity contribution is 0.246. The molecule has 2 N–H and O–H groups in total. The van der Waals surface area contributed by atoms with Gasteiger partial charge in [0, 0.05) is 31.9 Å². The summed E-state index contributed by atoms with van der Waals surface area (Å²) in [5.41, 5.74) is 4.48. The van der Waals surface area contributed by atoms with E-state index >= 15 is 0 Å². The number of carbonyl (C=O) groups is 1. The van der Waals surface area contributed by atoms with Crippen LogP contribution in [-0.4, -0.2) is 34.7 Å². The third kappa shape index (κ3) is 3.87. The fraction of sp³-hybridized carbons (Fsp3) is 0.348. The maximum absolute atomic E-state index is 12.8. The van der Waals surface area contributed by atoms with Crippen LogP contribution < -0.4 is 21.1 Å². The fourth-order valence-electron chi connectivity index (χ4n) is 4.05. The number of amides is 2. The van der Waals surface area contributed by atoms with Crippen molar-refractivity contribution in [2.45, 2.75) is 32.7 Å². The molecule has 2 aromatic carbocycles. The number of fused-ring (bicyclic) bond motifs is 1. The van der Waals surface area contributed by atoms with Crippen LogP contribution in [0.5, 0.6) is 0 Å². The number of benzene rings is 2. The Morgan fingerprint density at radius 3 is 2.40 bits per heavy atom. The highest BCUT2D eigenvalue weighted by Crippen LogP contribution is 2.21. The van der Waals surface area contributed by atoms with Gasteiger partial charge in [-0.1, -0.05) is 30.3 Å². The van der Waals surface area contributed by atoms with E-state index in [9.17, 15) is 9.59 Å². The van der Waals surface area contributed by atoms with Crippen molar-refractivity contribution in [1.29, 1.82) is 0 Å². The van der Waals surface area contributed by atoms with E-state index in [0.717, 1.165) is 40.7 Å². The molecule has 0 radical (unpaired) electrons. The van der Waals surface area contributed by atoms with Gasteiger partial charge in [0.1, 0.15) is 0 Å². The topological polar surface area (TPSA) is 79.3 Å². The number of urea groups is 1. The Kier molecular flexibility index (Phi) is 5.44. The van der Waals surface area contributed by atoms with Gasteiger partial charge in [-0.25, -0.2) is 9.78 Å². The van der Waals surface area contributed by atoms with Crippen LogP contribution in [0.3, 0.4) is 0 Å². The van der Waals surface area contributed by atoms with E-state index in [-0.39, 0.29) is 17.6 Å². The summed E-state index contributed by atoms with van der Waals surface area (Å²) in [7, 11) is 1.78. The second-order valence-corrected chi connectivity index (χ2v) is 7.91. The molecule has 1 saturated heterocycles. The molecule has 0 atom stereocenters. The number of nitrogens with one attached hydrogen (secondary N) is 2. The van der Waals surface area contributed by atoms with E-state index in [1.807, 2.05) is 61.2 Å². The molecule has 0 spiro atoms. The Hall–Kier alpha value is -3.35. The van der Waals surface area contributed by atoms with Crippen molar-refractivity contribution in [2.75, 3.05) is 23.3 Å². The third-order valence-electron chi connectivity index (χ3n) is 5.81. The van der Waals surface area contributed by atoms with Crippen LogP contribution in [0.25, 0.3) is 11.0 Å². The van der Waals surface area contributed by atoms with Crippen LogP contribution >= 0.6 is 0 Å². The van der Waals surface area contributed by atoms with Crippen LogP contribution in [0.15, 0.2) is 47.3 Å². The summed E-state index contributed by atoms with van der Waals surface area (Å²) < 4.78 is 1.65. The Morgan fingerprint density at radius 2 is 1.70 bits per heavy atom. The second-order valence-electron chi connectivity index (χ2n) is 7.91. The lowest BCUT2D eigenvalue weighted by Crippen LogP contribution is -2.47. The fourth-order valence-corrected chi connectivity index (χ4v) is 4.05. The van der Waals surface area contributed by atoms with E-state index in [4.69, 9.17) is 0 Å². The zero-order valence-electron chi connectivity index (χ0n) is 17.6. The molecule has 1 aromatic heterocycles. The van der Waals surface area contributed by atoms with Crippen molar-refractivity contribution in [2.24, 2.45) is 7.05 Å². The first kappa shape index (κ1) is 19.9. The van der Waals surface area contributed by atoms with Crippen molar-refractivity contribution >= 4 is 28.6 Å². The van der Waals surface area contributed by atoms with Gasteiger partial charge in [-0.3, -0.25) is 4.79 Å². The van der Waals surface area contributed by atoms with Gasteiger partial charge in [0.25, 0.3) is 5.56 Å². The summed E-state index contributed by atoms with van der Waals surface area (Å²) in [6.45, 7) is 5.32. The minimum absolute atomic E-state index is 0.0647. The molecule has 0 aliphatic carbocycles. The Morgan fingerprint density at radius 1 is 1.03 bits per heavy atom. The minimum atomic E-state index is -0.189. The molecule has 0 unspecified atom stereocenters. The number of para-hydroxylation sites is 3. The molecule has 2 amide bonds. The summed E-state index contributed by atoms with van der Waals surface area (Å²) in [6.07, 6.45) is 1.52. The number of rotatable bonds is 3. The van der Waals surface area contributed by atoms with Crippen LogP contribution in [0, 0.1) is 13.8 Å². The van der Waals surface area contributed by atoms with Gasteiger partial charge in [0.2, 0.25) is 0 Å². The highest BCUT2D eigenvalue weighted by Gasteiger charge is 2.24. The first-order valence-corrected chi connectivity index (χ1v) is 10.3. The van der Waals surface area contributed by atoms with E-state index in [1.165, 1.54) is 0 Å². The predicted octanol–water partition coefficient (Wildman–Crippen LogP) is 3.34. The number of anilines is 2. The SMILES string of the molecule is Cc1cccc(C)c1NC(=O)NC1CCN(c2nc3ccccc3n(C)c2=O)CC1. The van der Waals surface area contributed by atoms with Crippen LogP contribution in [0.2, 0.25) is 0 Å². The van der Waals surface area contributed by atoms with Gasteiger partial charge in [0.15, 0.2) is 5.82 Å². The van der Waals surface area contributed by atoms with Gasteiger partial charge in [-0.2, -0.15) is 0 Å². The number of aromatic nitrogens is 2. The van der Waals surface area contributed by atoms with Gasteiger partial charge < -0.3 is 20.1 Å². The van der Waals surface area contributed by atoms with Crippen molar-refractivity contribution in [3.05, 3.63) is 63.9 Å². The Balaban J connectivity index is 1.41. The largest absolute Gasteiger partial charge is 0.352 e. The third-order valence-corrected chi connectivity index (χ3v) is 5.81. The second kappa shape index (κ2) is 8.18. The molecule has 3 aromatic rings. The molecule has 7 heteroatoms. The molecule has 2 heterocycles. The maximum atomic E-state index is 12.8. The molecule has 1 fully saturated rings. The summed E-state index contributed by atoms with van der Waals surface area (Å²) in [4.78, 5) is 31.9. The number of nitrogens with zero attached hydrogens (tertiary/aromatic N) is 3. The van der Waals surface area contributed by atoms with Gasteiger partial charge in [0.05, 0.1) is 11.0 Å². The molecule has 0 bridgehead atoms. The smallest absolute Gasteiger partial charge is 0.319 e. The van der Waals surface area contributed by atoms with Crippen molar-refractivity contribution in [3.63, 3.8) is 0 Å².